The fraction of sp³-hybridized carbons (Fsp3) is 0.0588. The summed E-state index contributed by atoms with van der Waals surface area (Å²) in [5.74, 6) is 0. The first-order valence-electron chi connectivity index (χ1n) is 7.63. The molecule has 3 rings (SSSR count). The SMILES string of the molecule is C/C(=N\Nc1ccc([N+](=O)[O-])cc1[N+](=O)[O-])c1cc2ccccc2oc1=O. The average Bonchev–Trinajstić information content (AvgIpc) is 2.65. The van der Waals surface area contributed by atoms with Crippen molar-refractivity contribution in [2.75, 3.05) is 5.43 Å². The number of nitrogens with one attached hydrogen (secondary N) is 1. The number of benzene rings is 2. The number of nitro benzene ring substituents is 2. The van der Waals surface area contributed by atoms with Crippen LogP contribution in [0.1, 0.15) is 12.5 Å². The van der Waals surface area contributed by atoms with Crippen LogP contribution in [0.4, 0.5) is 17.1 Å². The van der Waals surface area contributed by atoms with Gasteiger partial charge in [-0.3, -0.25) is 25.7 Å². The highest BCUT2D eigenvalue weighted by Gasteiger charge is 2.19. The van der Waals surface area contributed by atoms with Gasteiger partial charge in [0.15, 0.2) is 0 Å². The van der Waals surface area contributed by atoms with E-state index in [1.807, 2.05) is 0 Å². The number of hydrazone groups is 1. The number of rotatable bonds is 5. The predicted octanol–water partition coefficient (Wildman–Crippen LogP) is 3.45. The zero-order valence-corrected chi connectivity index (χ0v) is 13.9. The Morgan fingerprint density at radius 2 is 1.81 bits per heavy atom. The standard InChI is InChI=1S/C17H12N4O6/c1-10(13-8-11-4-2-3-5-16(11)27-17(13)22)18-19-14-7-6-12(20(23)24)9-15(14)21(25)26/h2-9,19H,1H3/b18-10+. The third kappa shape index (κ3) is 3.63. The zero-order valence-electron chi connectivity index (χ0n) is 13.9. The number of hydrogen-bond acceptors (Lipinski definition) is 8. The molecule has 0 saturated carbocycles. The first kappa shape index (κ1) is 17.7. The average molecular weight is 368 g/mol. The Kier molecular flexibility index (Phi) is 4.62. The van der Waals surface area contributed by atoms with E-state index in [0.29, 0.717) is 11.0 Å². The largest absolute Gasteiger partial charge is 0.422 e. The Morgan fingerprint density at radius 3 is 2.52 bits per heavy atom. The van der Waals surface area contributed by atoms with Crippen LogP contribution in [-0.2, 0) is 0 Å². The van der Waals surface area contributed by atoms with Crippen LogP contribution in [-0.4, -0.2) is 15.6 Å². The lowest BCUT2D eigenvalue weighted by molar-refractivity contribution is -0.393. The molecule has 10 heteroatoms. The van der Waals surface area contributed by atoms with E-state index in [9.17, 15) is 25.0 Å². The monoisotopic (exact) mass is 368 g/mol. The summed E-state index contributed by atoms with van der Waals surface area (Å²) in [7, 11) is 0. The number of anilines is 1. The van der Waals surface area contributed by atoms with Crippen LogP contribution < -0.4 is 11.1 Å². The lowest BCUT2D eigenvalue weighted by atomic mass is 10.1. The van der Waals surface area contributed by atoms with Crippen LogP contribution in [0, 0.1) is 20.2 Å². The molecule has 0 aliphatic heterocycles. The van der Waals surface area contributed by atoms with Gasteiger partial charge in [-0.2, -0.15) is 5.10 Å². The lowest BCUT2D eigenvalue weighted by Crippen LogP contribution is -2.13. The quantitative estimate of drug-likeness (QED) is 0.314. The first-order chi connectivity index (χ1) is 12.9. The molecule has 0 radical (unpaired) electrons. The minimum absolute atomic E-state index is 0.0462. The van der Waals surface area contributed by atoms with E-state index in [0.717, 1.165) is 12.1 Å². The molecule has 0 saturated heterocycles. The molecular formula is C17H12N4O6. The molecule has 3 aromatic rings. The zero-order chi connectivity index (χ0) is 19.6. The van der Waals surface area contributed by atoms with Crippen molar-refractivity contribution in [1.29, 1.82) is 0 Å². The van der Waals surface area contributed by atoms with E-state index in [1.54, 1.807) is 30.3 Å². The Bertz CT molecular complexity index is 1150. The van der Waals surface area contributed by atoms with Gasteiger partial charge in [0.05, 0.1) is 27.2 Å². The van der Waals surface area contributed by atoms with Gasteiger partial charge in [0.2, 0.25) is 0 Å². The number of non-ortho nitro benzene ring substituents is 1. The van der Waals surface area contributed by atoms with E-state index in [2.05, 4.69) is 10.5 Å². The van der Waals surface area contributed by atoms with Crippen molar-refractivity contribution in [1.82, 2.24) is 0 Å². The van der Waals surface area contributed by atoms with Crippen LogP contribution >= 0.6 is 0 Å². The van der Waals surface area contributed by atoms with Gasteiger partial charge < -0.3 is 4.42 Å². The molecule has 27 heavy (non-hydrogen) atoms. The molecule has 0 spiro atoms. The van der Waals surface area contributed by atoms with Crippen molar-refractivity contribution >= 4 is 33.7 Å². The summed E-state index contributed by atoms with van der Waals surface area (Å²) in [5.41, 5.74) is 1.76. The Hall–Kier alpha value is -4.08. The molecule has 2 aromatic carbocycles. The molecule has 0 aliphatic rings. The van der Waals surface area contributed by atoms with Crippen LogP contribution in [0.5, 0.6) is 0 Å². The summed E-state index contributed by atoms with van der Waals surface area (Å²) in [4.78, 5) is 32.5. The summed E-state index contributed by atoms with van der Waals surface area (Å²) in [6, 6.07) is 11.7. The Morgan fingerprint density at radius 1 is 1.07 bits per heavy atom. The third-order valence-corrected chi connectivity index (χ3v) is 3.76. The summed E-state index contributed by atoms with van der Waals surface area (Å²) >= 11 is 0. The Balaban J connectivity index is 1.96. The molecule has 1 heterocycles. The van der Waals surface area contributed by atoms with E-state index >= 15 is 0 Å². The fourth-order valence-corrected chi connectivity index (χ4v) is 2.40. The van der Waals surface area contributed by atoms with Gasteiger partial charge in [0.25, 0.3) is 5.69 Å². The Labute approximate surface area is 151 Å². The van der Waals surface area contributed by atoms with E-state index in [-0.39, 0.29) is 17.0 Å². The summed E-state index contributed by atoms with van der Waals surface area (Å²) < 4.78 is 5.22. The van der Waals surface area contributed by atoms with Crippen molar-refractivity contribution in [3.05, 3.63) is 84.7 Å². The highest BCUT2D eigenvalue weighted by atomic mass is 16.6. The number of nitrogens with zero attached hydrogens (tertiary/aromatic N) is 3. The van der Waals surface area contributed by atoms with Gasteiger partial charge in [-0.25, -0.2) is 4.79 Å². The van der Waals surface area contributed by atoms with Crippen LogP contribution in [0.15, 0.2) is 62.8 Å². The van der Waals surface area contributed by atoms with Gasteiger partial charge in [-0.05, 0) is 25.1 Å². The molecule has 0 atom stereocenters. The second-order valence-corrected chi connectivity index (χ2v) is 5.51. The van der Waals surface area contributed by atoms with Crippen molar-refractivity contribution in [2.45, 2.75) is 6.92 Å². The second kappa shape index (κ2) is 7.04. The molecule has 0 unspecified atom stereocenters. The number of hydrogen-bond donors (Lipinski definition) is 1. The second-order valence-electron chi connectivity index (χ2n) is 5.51. The van der Waals surface area contributed by atoms with Gasteiger partial charge >= 0.3 is 11.3 Å². The molecule has 0 bridgehead atoms. The van der Waals surface area contributed by atoms with Gasteiger partial charge in [0.1, 0.15) is 11.3 Å². The summed E-state index contributed by atoms with van der Waals surface area (Å²) in [6.45, 7) is 1.53. The highest BCUT2D eigenvalue weighted by Crippen LogP contribution is 2.29. The molecule has 10 nitrogen and oxygen atoms in total. The lowest BCUT2D eigenvalue weighted by Gasteiger charge is -2.05. The fourth-order valence-electron chi connectivity index (χ4n) is 2.40. The molecule has 0 amide bonds. The van der Waals surface area contributed by atoms with Gasteiger partial charge in [0, 0.05) is 11.5 Å². The highest BCUT2D eigenvalue weighted by molar-refractivity contribution is 6.00. The number of nitro groups is 2. The maximum Gasteiger partial charge on any atom is 0.345 e. The van der Waals surface area contributed by atoms with Crippen LogP contribution in [0.2, 0.25) is 0 Å². The van der Waals surface area contributed by atoms with Crippen LogP contribution in [0.3, 0.4) is 0 Å². The van der Waals surface area contributed by atoms with Gasteiger partial charge in [-0.15, -0.1) is 0 Å². The minimum Gasteiger partial charge on any atom is -0.422 e. The topological polar surface area (TPSA) is 141 Å². The number of para-hydroxylation sites is 1. The molecule has 1 aromatic heterocycles. The minimum atomic E-state index is -0.759. The van der Waals surface area contributed by atoms with Crippen molar-refractivity contribution in [2.24, 2.45) is 5.10 Å². The summed E-state index contributed by atoms with van der Waals surface area (Å²) in [6.07, 6.45) is 0. The van der Waals surface area contributed by atoms with Crippen molar-refractivity contribution in [3.63, 3.8) is 0 Å². The maximum absolute atomic E-state index is 12.1. The van der Waals surface area contributed by atoms with E-state index in [1.165, 1.54) is 13.0 Å². The van der Waals surface area contributed by atoms with E-state index < -0.39 is 26.8 Å². The molecule has 136 valence electrons. The number of fused-ring (bicyclic) bond motifs is 1. The van der Waals surface area contributed by atoms with Crippen molar-refractivity contribution < 1.29 is 14.3 Å². The molecular weight excluding hydrogens is 356 g/mol. The third-order valence-electron chi connectivity index (χ3n) is 3.76. The summed E-state index contributed by atoms with van der Waals surface area (Å²) in [5, 5.41) is 26.6. The molecule has 0 fully saturated rings. The molecule has 1 N–H and O–H groups in total. The van der Waals surface area contributed by atoms with Crippen LogP contribution in [0.25, 0.3) is 11.0 Å². The smallest absolute Gasteiger partial charge is 0.345 e. The first-order valence-corrected chi connectivity index (χ1v) is 7.63. The van der Waals surface area contributed by atoms with Gasteiger partial charge in [-0.1, -0.05) is 18.2 Å². The molecule has 0 aliphatic carbocycles. The predicted molar refractivity (Wildman–Crippen MR) is 98.1 cm³/mol. The maximum atomic E-state index is 12.1. The normalized spacial score (nSPS) is 11.4. The van der Waals surface area contributed by atoms with Crippen molar-refractivity contribution in [3.8, 4) is 0 Å². The van der Waals surface area contributed by atoms with E-state index in [4.69, 9.17) is 4.42 Å².